The van der Waals surface area contributed by atoms with Crippen LogP contribution in [0.3, 0.4) is 0 Å². The maximum absolute atomic E-state index is 11.8. The third-order valence-electron chi connectivity index (χ3n) is 2.61. The zero-order valence-corrected chi connectivity index (χ0v) is 10.9. The molecule has 0 radical (unpaired) electrons. The van der Waals surface area contributed by atoms with Crippen molar-refractivity contribution >= 4 is 28.3 Å². The standard InChI is InChI=1S/C11H15N3O3S/c1-7-6-18-11(12-7)13-9(15)4-14(5-10(16)17)8-2-3-8/h6,8H,2-5H2,1H3,(H,16,17)(H,12,13,15). The number of aryl methyl sites for hydroxylation is 1. The van der Waals surface area contributed by atoms with Gasteiger partial charge in [0.1, 0.15) is 0 Å². The van der Waals surface area contributed by atoms with Crippen LogP contribution in [-0.4, -0.2) is 46.0 Å². The molecule has 0 atom stereocenters. The van der Waals surface area contributed by atoms with Crippen LogP contribution in [0.2, 0.25) is 0 Å². The highest BCUT2D eigenvalue weighted by molar-refractivity contribution is 7.13. The molecule has 1 aromatic rings. The lowest BCUT2D eigenvalue weighted by Gasteiger charge is -2.18. The zero-order valence-electron chi connectivity index (χ0n) is 10.0. The molecular weight excluding hydrogens is 254 g/mol. The van der Waals surface area contributed by atoms with Gasteiger partial charge in [-0.1, -0.05) is 0 Å². The number of anilines is 1. The molecule has 0 aliphatic heterocycles. The smallest absolute Gasteiger partial charge is 0.317 e. The van der Waals surface area contributed by atoms with Crippen LogP contribution in [-0.2, 0) is 9.59 Å². The number of rotatable bonds is 6. The fraction of sp³-hybridized carbons (Fsp3) is 0.545. The van der Waals surface area contributed by atoms with Crippen LogP contribution in [0, 0.1) is 6.92 Å². The van der Waals surface area contributed by atoms with Crippen LogP contribution < -0.4 is 5.32 Å². The van der Waals surface area contributed by atoms with Gasteiger partial charge in [0.25, 0.3) is 0 Å². The molecule has 0 saturated heterocycles. The molecule has 1 saturated carbocycles. The Kier molecular flexibility index (Phi) is 3.93. The molecule has 2 N–H and O–H groups in total. The number of hydrogen-bond donors (Lipinski definition) is 2. The molecular formula is C11H15N3O3S. The van der Waals surface area contributed by atoms with Crippen LogP contribution in [0.25, 0.3) is 0 Å². The summed E-state index contributed by atoms with van der Waals surface area (Å²) in [4.78, 5) is 28.3. The summed E-state index contributed by atoms with van der Waals surface area (Å²) in [5.41, 5.74) is 0.861. The first kappa shape index (κ1) is 13.0. The van der Waals surface area contributed by atoms with Gasteiger partial charge in [0, 0.05) is 11.4 Å². The highest BCUT2D eigenvalue weighted by atomic mass is 32.1. The van der Waals surface area contributed by atoms with Crippen molar-refractivity contribution in [1.82, 2.24) is 9.88 Å². The molecule has 0 aromatic carbocycles. The van der Waals surface area contributed by atoms with Gasteiger partial charge in [-0.15, -0.1) is 11.3 Å². The van der Waals surface area contributed by atoms with Gasteiger partial charge in [-0.3, -0.25) is 14.5 Å². The van der Waals surface area contributed by atoms with E-state index < -0.39 is 5.97 Å². The summed E-state index contributed by atoms with van der Waals surface area (Å²) in [6.07, 6.45) is 1.94. The van der Waals surface area contributed by atoms with Crippen LogP contribution in [0.4, 0.5) is 5.13 Å². The van der Waals surface area contributed by atoms with Crippen LogP contribution in [0.1, 0.15) is 18.5 Å². The average molecular weight is 269 g/mol. The van der Waals surface area contributed by atoms with Crippen molar-refractivity contribution in [3.05, 3.63) is 11.1 Å². The number of aliphatic carboxylic acids is 1. The van der Waals surface area contributed by atoms with Crippen molar-refractivity contribution in [2.45, 2.75) is 25.8 Å². The van der Waals surface area contributed by atoms with Gasteiger partial charge in [0.05, 0.1) is 18.8 Å². The monoisotopic (exact) mass is 269 g/mol. The molecule has 1 aromatic heterocycles. The number of aromatic nitrogens is 1. The first-order valence-corrected chi connectivity index (χ1v) is 6.60. The molecule has 0 bridgehead atoms. The summed E-state index contributed by atoms with van der Waals surface area (Å²) < 4.78 is 0. The molecule has 0 unspecified atom stereocenters. The second-order valence-electron chi connectivity index (χ2n) is 4.37. The first-order valence-electron chi connectivity index (χ1n) is 5.72. The second-order valence-corrected chi connectivity index (χ2v) is 5.23. The molecule has 0 spiro atoms. The molecule has 18 heavy (non-hydrogen) atoms. The number of carbonyl (C=O) groups excluding carboxylic acids is 1. The van der Waals surface area contributed by atoms with Crippen LogP contribution in [0.5, 0.6) is 0 Å². The Morgan fingerprint density at radius 3 is 2.78 bits per heavy atom. The quantitative estimate of drug-likeness (QED) is 0.803. The number of carboxylic acids is 1. The van der Waals surface area contributed by atoms with E-state index in [9.17, 15) is 9.59 Å². The lowest BCUT2D eigenvalue weighted by molar-refractivity contribution is -0.138. The van der Waals surface area contributed by atoms with E-state index >= 15 is 0 Å². The minimum absolute atomic E-state index is 0.0883. The fourth-order valence-electron chi connectivity index (χ4n) is 1.68. The van der Waals surface area contributed by atoms with E-state index in [1.165, 1.54) is 11.3 Å². The van der Waals surface area contributed by atoms with Crippen LogP contribution in [0.15, 0.2) is 5.38 Å². The minimum atomic E-state index is -0.903. The maximum Gasteiger partial charge on any atom is 0.317 e. The van der Waals surface area contributed by atoms with E-state index in [-0.39, 0.29) is 25.0 Å². The Labute approximate surface area is 109 Å². The number of amides is 1. The molecule has 1 aliphatic carbocycles. The van der Waals surface area contributed by atoms with E-state index in [0.717, 1.165) is 18.5 Å². The highest BCUT2D eigenvalue weighted by Gasteiger charge is 2.31. The lowest BCUT2D eigenvalue weighted by Crippen LogP contribution is -2.38. The number of hydrogen-bond acceptors (Lipinski definition) is 5. The number of carboxylic acid groups (broad SMARTS) is 1. The molecule has 1 heterocycles. The summed E-state index contributed by atoms with van der Waals surface area (Å²) in [7, 11) is 0. The minimum Gasteiger partial charge on any atom is -0.480 e. The fourth-order valence-corrected chi connectivity index (χ4v) is 2.39. The number of carbonyl (C=O) groups is 2. The predicted molar refractivity (Wildman–Crippen MR) is 67.7 cm³/mol. The average Bonchev–Trinajstić information content (AvgIpc) is 3.02. The topological polar surface area (TPSA) is 82.5 Å². The Balaban J connectivity index is 1.86. The molecule has 2 rings (SSSR count). The van der Waals surface area contributed by atoms with Crippen molar-refractivity contribution in [2.75, 3.05) is 18.4 Å². The van der Waals surface area contributed by atoms with Gasteiger partial charge in [-0.05, 0) is 19.8 Å². The molecule has 1 aliphatic rings. The molecule has 1 fully saturated rings. The van der Waals surface area contributed by atoms with Crippen molar-refractivity contribution in [3.63, 3.8) is 0 Å². The van der Waals surface area contributed by atoms with E-state index in [4.69, 9.17) is 5.11 Å². The van der Waals surface area contributed by atoms with Crippen molar-refractivity contribution in [2.24, 2.45) is 0 Å². The van der Waals surface area contributed by atoms with Gasteiger partial charge in [-0.2, -0.15) is 0 Å². The summed E-state index contributed by atoms with van der Waals surface area (Å²) in [5.74, 6) is -1.11. The predicted octanol–water partition coefficient (Wildman–Crippen LogP) is 0.939. The number of nitrogens with zero attached hydrogens (tertiary/aromatic N) is 2. The summed E-state index contributed by atoms with van der Waals surface area (Å²) in [6, 6.07) is 0.241. The van der Waals surface area contributed by atoms with Gasteiger partial charge >= 0.3 is 5.97 Å². The van der Waals surface area contributed by atoms with Crippen molar-refractivity contribution in [3.8, 4) is 0 Å². The SMILES string of the molecule is Cc1csc(NC(=O)CN(CC(=O)O)C2CC2)n1. The highest BCUT2D eigenvalue weighted by Crippen LogP contribution is 2.26. The van der Waals surface area contributed by atoms with Gasteiger partial charge in [-0.25, -0.2) is 4.98 Å². The number of thiazole rings is 1. The van der Waals surface area contributed by atoms with E-state index in [0.29, 0.717) is 5.13 Å². The third kappa shape index (κ3) is 3.78. The maximum atomic E-state index is 11.8. The summed E-state index contributed by atoms with van der Waals surface area (Å²) in [5, 5.41) is 13.9. The van der Waals surface area contributed by atoms with E-state index in [1.54, 1.807) is 4.90 Å². The number of nitrogens with one attached hydrogen (secondary N) is 1. The van der Waals surface area contributed by atoms with Gasteiger partial charge in [0.15, 0.2) is 5.13 Å². The summed E-state index contributed by atoms with van der Waals surface area (Å²) in [6.45, 7) is 1.87. The van der Waals surface area contributed by atoms with E-state index in [2.05, 4.69) is 10.3 Å². The normalized spacial score (nSPS) is 14.8. The summed E-state index contributed by atoms with van der Waals surface area (Å²) >= 11 is 1.36. The third-order valence-corrected chi connectivity index (χ3v) is 3.49. The Hall–Kier alpha value is -1.47. The zero-order chi connectivity index (χ0) is 13.1. The van der Waals surface area contributed by atoms with Crippen molar-refractivity contribution < 1.29 is 14.7 Å². The lowest BCUT2D eigenvalue weighted by atomic mass is 10.4. The van der Waals surface area contributed by atoms with Crippen LogP contribution >= 0.6 is 11.3 Å². The van der Waals surface area contributed by atoms with Crippen molar-refractivity contribution in [1.29, 1.82) is 0 Å². The molecule has 98 valence electrons. The Morgan fingerprint density at radius 1 is 1.56 bits per heavy atom. The molecule has 6 nitrogen and oxygen atoms in total. The van der Waals surface area contributed by atoms with Gasteiger partial charge in [0.2, 0.25) is 5.91 Å². The second kappa shape index (κ2) is 5.45. The Morgan fingerprint density at radius 2 is 2.28 bits per heavy atom. The Bertz CT molecular complexity index is 456. The molecule has 7 heteroatoms. The van der Waals surface area contributed by atoms with E-state index in [1.807, 2.05) is 12.3 Å². The largest absolute Gasteiger partial charge is 0.480 e. The van der Waals surface area contributed by atoms with Gasteiger partial charge < -0.3 is 10.4 Å². The molecule has 1 amide bonds. The first-order chi connectivity index (χ1) is 8.54.